The fourth-order valence-electron chi connectivity index (χ4n) is 4.74. The van der Waals surface area contributed by atoms with Gasteiger partial charge >= 0.3 is 6.09 Å². The molecule has 1 fully saturated rings. The van der Waals surface area contributed by atoms with Crippen molar-refractivity contribution in [2.45, 2.75) is 45.3 Å². The standard InChI is InChI=1S/C28H31N5O4/c1-28(2,3)37-27(35)32-15-7-8-19(16-32)33-17-22(23-24(33)26(34)31-30-25(23)29)18-11-13-21(14-12-18)36-20-9-5-4-6-10-20/h4-6,9-14,17,19H,7-8,15-16H2,1-3H3,(H2,29,30)(H,31,34). The predicted octanol–water partition coefficient (Wildman–Crippen LogP) is 5.34. The number of rotatable bonds is 4. The number of carbonyl (C=O) groups excluding carboxylic acids is 1. The molecule has 2 aromatic carbocycles. The van der Waals surface area contributed by atoms with E-state index in [0.717, 1.165) is 29.7 Å². The highest BCUT2D eigenvalue weighted by atomic mass is 16.6. The number of carbonyl (C=O) groups is 1. The van der Waals surface area contributed by atoms with Crippen LogP contribution in [0.25, 0.3) is 22.0 Å². The number of nitrogen functional groups attached to an aromatic ring is 1. The fourth-order valence-corrected chi connectivity index (χ4v) is 4.74. The van der Waals surface area contributed by atoms with Gasteiger partial charge in [0.25, 0.3) is 5.56 Å². The van der Waals surface area contributed by atoms with Gasteiger partial charge in [-0.2, -0.15) is 5.10 Å². The van der Waals surface area contributed by atoms with E-state index in [2.05, 4.69) is 10.2 Å². The average Bonchev–Trinajstić information content (AvgIpc) is 3.29. The van der Waals surface area contributed by atoms with Gasteiger partial charge in [-0.15, -0.1) is 0 Å². The van der Waals surface area contributed by atoms with Crippen LogP contribution in [0.3, 0.4) is 0 Å². The van der Waals surface area contributed by atoms with Crippen LogP contribution in [0.5, 0.6) is 11.5 Å². The Morgan fingerprint density at radius 2 is 1.78 bits per heavy atom. The number of H-pyrrole nitrogens is 1. The largest absolute Gasteiger partial charge is 0.457 e. The van der Waals surface area contributed by atoms with Crippen molar-refractivity contribution in [3.63, 3.8) is 0 Å². The smallest absolute Gasteiger partial charge is 0.410 e. The Morgan fingerprint density at radius 1 is 1.08 bits per heavy atom. The van der Waals surface area contributed by atoms with Crippen molar-refractivity contribution in [3.8, 4) is 22.6 Å². The minimum Gasteiger partial charge on any atom is -0.457 e. The third-order valence-corrected chi connectivity index (χ3v) is 6.37. The number of ether oxygens (including phenoxy) is 2. The highest BCUT2D eigenvalue weighted by Crippen LogP contribution is 2.36. The highest BCUT2D eigenvalue weighted by molar-refractivity contribution is 6.02. The number of nitrogens with one attached hydrogen (secondary N) is 1. The summed E-state index contributed by atoms with van der Waals surface area (Å²) in [5.41, 5.74) is 7.50. The summed E-state index contributed by atoms with van der Waals surface area (Å²) in [5, 5.41) is 7.13. The maximum atomic E-state index is 13.0. The number of anilines is 1. The SMILES string of the molecule is CC(C)(C)OC(=O)N1CCCC(n2cc(-c3ccc(Oc4ccccc4)cc3)c3c(N)n[nH]c(=O)c32)C1. The van der Waals surface area contributed by atoms with Gasteiger partial charge in [-0.05, 0) is 63.4 Å². The van der Waals surface area contributed by atoms with Crippen molar-refractivity contribution >= 4 is 22.8 Å². The van der Waals surface area contributed by atoms with Gasteiger partial charge in [-0.3, -0.25) is 4.79 Å². The summed E-state index contributed by atoms with van der Waals surface area (Å²) in [6.45, 7) is 6.60. The van der Waals surface area contributed by atoms with Gasteiger partial charge in [-0.25, -0.2) is 9.89 Å². The Balaban J connectivity index is 1.49. The van der Waals surface area contributed by atoms with Crippen LogP contribution in [0.4, 0.5) is 10.6 Å². The molecule has 1 aliphatic rings. The van der Waals surface area contributed by atoms with Crippen LogP contribution >= 0.6 is 0 Å². The molecule has 1 aliphatic heterocycles. The number of amides is 1. The second-order valence-electron chi connectivity index (χ2n) is 10.3. The highest BCUT2D eigenvalue weighted by Gasteiger charge is 2.30. The number of aromatic amines is 1. The van der Waals surface area contributed by atoms with Crippen LogP contribution < -0.4 is 16.0 Å². The van der Waals surface area contributed by atoms with Gasteiger partial charge in [0.15, 0.2) is 5.82 Å². The number of para-hydroxylation sites is 1. The Bertz CT molecular complexity index is 1470. The molecule has 9 heteroatoms. The van der Waals surface area contributed by atoms with E-state index in [-0.39, 0.29) is 23.5 Å². The Morgan fingerprint density at radius 3 is 2.49 bits per heavy atom. The molecule has 1 unspecified atom stereocenters. The topological polar surface area (TPSA) is 115 Å². The molecule has 1 saturated heterocycles. The van der Waals surface area contributed by atoms with Crippen molar-refractivity contribution in [1.29, 1.82) is 0 Å². The number of benzene rings is 2. The van der Waals surface area contributed by atoms with Crippen molar-refractivity contribution in [1.82, 2.24) is 19.7 Å². The zero-order chi connectivity index (χ0) is 26.2. The lowest BCUT2D eigenvalue weighted by Crippen LogP contribution is -2.43. The van der Waals surface area contributed by atoms with Gasteiger partial charge in [-0.1, -0.05) is 30.3 Å². The van der Waals surface area contributed by atoms with E-state index >= 15 is 0 Å². The van der Waals surface area contributed by atoms with Crippen molar-refractivity contribution in [2.24, 2.45) is 0 Å². The van der Waals surface area contributed by atoms with Crippen LogP contribution in [-0.4, -0.2) is 44.4 Å². The maximum absolute atomic E-state index is 13.0. The lowest BCUT2D eigenvalue weighted by Gasteiger charge is -2.35. The van der Waals surface area contributed by atoms with E-state index in [9.17, 15) is 9.59 Å². The lowest BCUT2D eigenvalue weighted by molar-refractivity contribution is 0.0174. The molecule has 3 heterocycles. The molecule has 9 nitrogen and oxygen atoms in total. The van der Waals surface area contributed by atoms with E-state index < -0.39 is 5.60 Å². The molecular formula is C28H31N5O4. The molecule has 0 spiro atoms. The molecule has 1 amide bonds. The van der Waals surface area contributed by atoms with E-state index in [1.165, 1.54) is 0 Å². The average molecular weight is 502 g/mol. The minimum absolute atomic E-state index is 0.110. The number of hydrogen-bond acceptors (Lipinski definition) is 6. The number of nitrogens with zero attached hydrogens (tertiary/aromatic N) is 3. The number of aromatic nitrogens is 3. The van der Waals surface area contributed by atoms with Gasteiger partial charge in [0, 0.05) is 24.8 Å². The molecule has 37 heavy (non-hydrogen) atoms. The van der Waals surface area contributed by atoms with Crippen LogP contribution in [-0.2, 0) is 4.74 Å². The molecule has 0 radical (unpaired) electrons. The zero-order valence-electron chi connectivity index (χ0n) is 21.2. The van der Waals surface area contributed by atoms with Gasteiger partial charge in [0.05, 0.1) is 11.4 Å². The molecule has 5 rings (SSSR count). The van der Waals surface area contributed by atoms with Crippen molar-refractivity contribution in [2.75, 3.05) is 18.8 Å². The Labute approximate surface area is 214 Å². The van der Waals surface area contributed by atoms with Gasteiger partial charge in [0.1, 0.15) is 22.6 Å². The molecule has 0 aliphatic carbocycles. The molecular weight excluding hydrogens is 470 g/mol. The molecule has 0 bridgehead atoms. The van der Waals surface area contributed by atoms with Crippen LogP contribution in [0, 0.1) is 0 Å². The molecule has 4 aromatic rings. The molecule has 1 atom stereocenters. The van der Waals surface area contributed by atoms with Gasteiger partial charge < -0.3 is 24.7 Å². The molecule has 192 valence electrons. The second kappa shape index (κ2) is 9.65. The number of piperidine rings is 1. The first-order chi connectivity index (χ1) is 17.7. The summed E-state index contributed by atoms with van der Waals surface area (Å²) in [6, 6.07) is 17.1. The van der Waals surface area contributed by atoms with Crippen LogP contribution in [0.2, 0.25) is 0 Å². The van der Waals surface area contributed by atoms with Crippen molar-refractivity contribution < 1.29 is 14.3 Å². The Kier molecular flexibility index (Phi) is 6.37. The third-order valence-electron chi connectivity index (χ3n) is 6.37. The normalized spacial score (nSPS) is 16.1. The van der Waals surface area contributed by atoms with E-state index in [0.29, 0.717) is 29.7 Å². The fraction of sp³-hybridized carbons (Fsp3) is 0.321. The number of nitrogens with two attached hydrogens (primary N) is 1. The lowest BCUT2D eigenvalue weighted by atomic mass is 10.1. The quantitative estimate of drug-likeness (QED) is 0.390. The molecule has 0 saturated carbocycles. The van der Waals surface area contributed by atoms with Crippen molar-refractivity contribution in [3.05, 3.63) is 71.1 Å². The number of fused-ring (bicyclic) bond motifs is 1. The summed E-state index contributed by atoms with van der Waals surface area (Å²) in [6.07, 6.45) is 3.20. The number of hydrogen-bond donors (Lipinski definition) is 2. The first-order valence-corrected chi connectivity index (χ1v) is 12.4. The third kappa shape index (κ3) is 5.16. The Hall–Kier alpha value is -4.27. The summed E-state index contributed by atoms with van der Waals surface area (Å²) in [4.78, 5) is 27.4. The maximum Gasteiger partial charge on any atom is 0.410 e. The van der Waals surface area contributed by atoms with E-state index in [1.807, 2.05) is 86.1 Å². The van der Waals surface area contributed by atoms with Crippen LogP contribution in [0.1, 0.15) is 39.7 Å². The van der Waals surface area contributed by atoms with E-state index in [4.69, 9.17) is 15.2 Å². The first-order valence-electron chi connectivity index (χ1n) is 12.4. The monoisotopic (exact) mass is 501 g/mol. The summed E-state index contributed by atoms with van der Waals surface area (Å²) in [5.74, 6) is 1.69. The molecule has 2 aromatic heterocycles. The second-order valence-corrected chi connectivity index (χ2v) is 10.3. The summed E-state index contributed by atoms with van der Waals surface area (Å²) in [7, 11) is 0. The summed E-state index contributed by atoms with van der Waals surface area (Å²) >= 11 is 0. The van der Waals surface area contributed by atoms with Crippen LogP contribution in [0.15, 0.2) is 65.6 Å². The van der Waals surface area contributed by atoms with Gasteiger partial charge in [0.2, 0.25) is 0 Å². The number of likely N-dealkylation sites (tertiary alicyclic amines) is 1. The van der Waals surface area contributed by atoms with E-state index in [1.54, 1.807) is 4.90 Å². The summed E-state index contributed by atoms with van der Waals surface area (Å²) < 4.78 is 13.4. The predicted molar refractivity (Wildman–Crippen MR) is 143 cm³/mol. The zero-order valence-corrected chi connectivity index (χ0v) is 21.2. The minimum atomic E-state index is -0.578. The first kappa shape index (κ1) is 24.4. The molecule has 3 N–H and O–H groups in total.